The lowest BCUT2D eigenvalue weighted by Gasteiger charge is -2.14. The van der Waals surface area contributed by atoms with Gasteiger partial charge in [0, 0.05) is 0 Å². The molecular weight excluding hydrogens is 640 g/mol. The van der Waals surface area contributed by atoms with Crippen LogP contribution in [0, 0.1) is 33.3 Å². The molecule has 0 aliphatic carbocycles. The van der Waals surface area contributed by atoms with E-state index in [1.165, 1.54) is 4.90 Å². The number of benzene rings is 2. The first-order valence-electron chi connectivity index (χ1n) is 9.31. The van der Waals surface area contributed by atoms with Crippen LogP contribution in [-0.2, 0) is 4.79 Å². The van der Waals surface area contributed by atoms with Gasteiger partial charge in [-0.2, -0.15) is 0 Å². The first-order valence-corrected chi connectivity index (χ1v) is 12.3. The molecule has 0 unspecified atom stereocenters. The van der Waals surface area contributed by atoms with Crippen molar-refractivity contribution in [1.82, 2.24) is 4.90 Å². The van der Waals surface area contributed by atoms with Crippen LogP contribution in [0.25, 0.3) is 6.08 Å². The zero-order valence-electron chi connectivity index (χ0n) is 16.9. The Bertz CT molecular complexity index is 1080. The minimum atomic E-state index is -0.308. The molecule has 0 radical (unpaired) electrons. The third kappa shape index (κ3) is 5.96. The minimum Gasteiger partial charge on any atom is -0.491 e. The van der Waals surface area contributed by atoms with Crippen LogP contribution >= 0.6 is 56.9 Å². The van der Waals surface area contributed by atoms with E-state index in [9.17, 15) is 9.59 Å². The molecule has 3 rings (SSSR count). The first-order chi connectivity index (χ1) is 14.8. The molecule has 31 heavy (non-hydrogen) atoms. The molecule has 2 aromatic carbocycles. The maximum Gasteiger partial charge on any atom is 0.293 e. The molecule has 1 aliphatic rings. The van der Waals surface area contributed by atoms with Gasteiger partial charge in [0.15, 0.2) is 0 Å². The fourth-order valence-corrected chi connectivity index (χ4v) is 5.86. The van der Waals surface area contributed by atoms with E-state index in [1.54, 1.807) is 6.08 Å². The van der Waals surface area contributed by atoms with Gasteiger partial charge in [0.1, 0.15) is 24.7 Å². The van der Waals surface area contributed by atoms with Crippen LogP contribution in [0.15, 0.2) is 35.2 Å². The second kappa shape index (κ2) is 10.7. The molecule has 0 aromatic heterocycles. The van der Waals surface area contributed by atoms with E-state index < -0.39 is 0 Å². The SMILES string of the molecule is C#CCOc1c(I)cc(/C=C2\SC(=O)N(CCOc3cc(C)ccc3C)C2=O)cc1I. The monoisotopic (exact) mass is 659 g/mol. The maximum atomic E-state index is 12.8. The first kappa shape index (κ1) is 23.9. The highest BCUT2D eigenvalue weighted by Crippen LogP contribution is 2.34. The molecule has 1 saturated heterocycles. The van der Waals surface area contributed by atoms with Crippen LogP contribution in [-0.4, -0.2) is 35.8 Å². The fraction of sp³-hybridized carbons (Fsp3) is 0.217. The number of halogens is 2. The van der Waals surface area contributed by atoms with Crippen LogP contribution in [0.1, 0.15) is 16.7 Å². The molecule has 0 N–H and O–H groups in total. The van der Waals surface area contributed by atoms with E-state index in [0.717, 1.165) is 41.3 Å². The molecule has 0 saturated carbocycles. The molecule has 1 fully saturated rings. The van der Waals surface area contributed by atoms with E-state index in [-0.39, 0.29) is 30.9 Å². The summed E-state index contributed by atoms with van der Waals surface area (Å²) in [6.45, 7) is 4.58. The summed E-state index contributed by atoms with van der Waals surface area (Å²) in [6.07, 6.45) is 6.99. The Hall–Kier alpha value is -1.71. The predicted octanol–water partition coefficient (Wildman–Crippen LogP) is 5.64. The minimum absolute atomic E-state index is 0.189. The average molecular weight is 659 g/mol. The van der Waals surface area contributed by atoms with Crippen molar-refractivity contribution in [2.24, 2.45) is 0 Å². The van der Waals surface area contributed by atoms with Crippen molar-refractivity contribution in [3.63, 3.8) is 0 Å². The highest BCUT2D eigenvalue weighted by molar-refractivity contribution is 14.1. The summed E-state index contributed by atoms with van der Waals surface area (Å²) in [4.78, 5) is 26.8. The van der Waals surface area contributed by atoms with Crippen LogP contribution in [0.3, 0.4) is 0 Å². The number of amides is 2. The Morgan fingerprint density at radius 1 is 1.13 bits per heavy atom. The van der Waals surface area contributed by atoms with Gasteiger partial charge >= 0.3 is 0 Å². The Morgan fingerprint density at radius 3 is 2.52 bits per heavy atom. The number of hydrogen-bond acceptors (Lipinski definition) is 5. The molecular formula is C23H19I2NO4S. The number of ether oxygens (including phenoxy) is 2. The van der Waals surface area contributed by atoms with Gasteiger partial charge in [-0.3, -0.25) is 14.5 Å². The molecule has 1 aliphatic heterocycles. The standard InChI is InChI=1S/C23H19I2NO4S/c1-4-8-30-21-17(24)11-16(12-18(21)25)13-20-22(27)26(23(28)31-20)7-9-29-19-10-14(2)5-6-15(19)3/h1,5-6,10-13H,7-9H2,2-3H3/b20-13-. The molecule has 1 heterocycles. The van der Waals surface area contributed by atoms with Crippen LogP contribution in [0.4, 0.5) is 4.79 Å². The number of nitrogens with zero attached hydrogens (tertiary/aromatic N) is 1. The van der Waals surface area contributed by atoms with E-state index in [1.807, 2.05) is 44.2 Å². The van der Waals surface area contributed by atoms with E-state index in [4.69, 9.17) is 15.9 Å². The lowest BCUT2D eigenvalue weighted by Crippen LogP contribution is -2.32. The van der Waals surface area contributed by atoms with E-state index in [0.29, 0.717) is 10.7 Å². The Kier molecular flexibility index (Phi) is 8.30. The molecule has 2 aromatic rings. The van der Waals surface area contributed by atoms with Gasteiger partial charge in [-0.25, -0.2) is 0 Å². The quantitative estimate of drug-likeness (QED) is 0.219. The number of rotatable bonds is 7. The van der Waals surface area contributed by atoms with Gasteiger partial charge in [0.25, 0.3) is 11.1 Å². The Balaban J connectivity index is 1.69. The molecule has 160 valence electrons. The van der Waals surface area contributed by atoms with Crippen molar-refractivity contribution in [3.05, 3.63) is 59.1 Å². The summed E-state index contributed by atoms with van der Waals surface area (Å²) in [5.41, 5.74) is 2.92. The van der Waals surface area contributed by atoms with Crippen molar-refractivity contribution in [2.45, 2.75) is 13.8 Å². The number of hydrogen-bond donors (Lipinski definition) is 0. The second-order valence-electron chi connectivity index (χ2n) is 6.76. The highest BCUT2D eigenvalue weighted by atomic mass is 127. The summed E-state index contributed by atoms with van der Waals surface area (Å²) in [5, 5.41) is -0.292. The number of thioether (sulfide) groups is 1. The highest BCUT2D eigenvalue weighted by Gasteiger charge is 2.34. The smallest absolute Gasteiger partial charge is 0.293 e. The molecule has 2 amide bonds. The summed E-state index contributed by atoms with van der Waals surface area (Å²) in [6, 6.07) is 9.74. The predicted molar refractivity (Wildman–Crippen MR) is 140 cm³/mol. The molecule has 0 bridgehead atoms. The van der Waals surface area contributed by atoms with Crippen molar-refractivity contribution in [2.75, 3.05) is 19.8 Å². The van der Waals surface area contributed by atoms with Gasteiger partial charge in [-0.1, -0.05) is 18.1 Å². The van der Waals surface area contributed by atoms with Gasteiger partial charge in [-0.05, 0) is 112 Å². The van der Waals surface area contributed by atoms with Gasteiger partial charge in [-0.15, -0.1) is 6.42 Å². The third-order valence-corrected chi connectivity index (χ3v) is 6.92. The van der Waals surface area contributed by atoms with Crippen molar-refractivity contribution in [3.8, 4) is 23.8 Å². The molecule has 0 spiro atoms. The zero-order valence-corrected chi connectivity index (χ0v) is 22.0. The number of carbonyl (C=O) groups excluding carboxylic acids is 2. The van der Waals surface area contributed by atoms with Crippen LogP contribution in [0.2, 0.25) is 0 Å². The second-order valence-corrected chi connectivity index (χ2v) is 10.1. The van der Waals surface area contributed by atoms with Crippen LogP contribution in [0.5, 0.6) is 11.5 Å². The summed E-state index contributed by atoms with van der Waals surface area (Å²) >= 11 is 5.27. The zero-order chi connectivity index (χ0) is 22.5. The Labute approximate surface area is 213 Å². The lowest BCUT2D eigenvalue weighted by molar-refractivity contribution is -0.123. The molecule has 8 heteroatoms. The lowest BCUT2D eigenvalue weighted by atomic mass is 10.1. The number of carbonyl (C=O) groups is 2. The summed E-state index contributed by atoms with van der Waals surface area (Å²) in [5.74, 6) is 3.62. The van der Waals surface area contributed by atoms with Gasteiger partial charge in [0.2, 0.25) is 0 Å². The summed E-state index contributed by atoms with van der Waals surface area (Å²) in [7, 11) is 0. The third-order valence-electron chi connectivity index (χ3n) is 4.41. The van der Waals surface area contributed by atoms with E-state index in [2.05, 4.69) is 51.1 Å². The van der Waals surface area contributed by atoms with Crippen molar-refractivity contribution >= 4 is 74.2 Å². The average Bonchev–Trinajstić information content (AvgIpc) is 2.97. The molecule has 0 atom stereocenters. The van der Waals surface area contributed by atoms with Gasteiger partial charge < -0.3 is 9.47 Å². The number of aryl methyl sites for hydroxylation is 2. The normalized spacial score (nSPS) is 14.8. The van der Waals surface area contributed by atoms with Crippen molar-refractivity contribution < 1.29 is 19.1 Å². The largest absolute Gasteiger partial charge is 0.491 e. The number of imide groups is 1. The number of terminal acetylenes is 1. The Morgan fingerprint density at radius 2 is 1.84 bits per heavy atom. The fourth-order valence-electron chi connectivity index (χ4n) is 2.87. The maximum absolute atomic E-state index is 12.8. The summed E-state index contributed by atoms with van der Waals surface area (Å²) < 4.78 is 13.1. The van der Waals surface area contributed by atoms with E-state index >= 15 is 0 Å². The van der Waals surface area contributed by atoms with Gasteiger partial charge in [0.05, 0.1) is 18.6 Å². The topological polar surface area (TPSA) is 55.8 Å². The molecule has 5 nitrogen and oxygen atoms in total. The van der Waals surface area contributed by atoms with Crippen LogP contribution < -0.4 is 9.47 Å². The van der Waals surface area contributed by atoms with Crippen molar-refractivity contribution in [1.29, 1.82) is 0 Å².